The van der Waals surface area contributed by atoms with Gasteiger partial charge < -0.3 is 9.73 Å². The zero-order valence-corrected chi connectivity index (χ0v) is 10.5. The number of hydrogen-bond donors (Lipinski definition) is 1. The van der Waals surface area contributed by atoms with E-state index < -0.39 is 11.7 Å². The third-order valence-corrected chi connectivity index (χ3v) is 2.68. The van der Waals surface area contributed by atoms with Crippen molar-refractivity contribution in [2.24, 2.45) is 0 Å². The summed E-state index contributed by atoms with van der Waals surface area (Å²) in [6.45, 7) is 1.72. The van der Waals surface area contributed by atoms with Crippen LogP contribution in [0.1, 0.15) is 16.1 Å². The van der Waals surface area contributed by atoms with Gasteiger partial charge in [0, 0.05) is 0 Å². The Balaban J connectivity index is 2.24. The molecule has 0 saturated carbocycles. The first kappa shape index (κ1) is 11.9. The van der Waals surface area contributed by atoms with E-state index in [4.69, 9.17) is 4.42 Å². The number of furan rings is 1. The van der Waals surface area contributed by atoms with E-state index >= 15 is 0 Å². The molecule has 0 unspecified atom stereocenters. The molecular formula is C12H9BrFNO2. The lowest BCUT2D eigenvalue weighted by molar-refractivity contribution is 0.0995. The number of rotatable bonds is 2. The summed E-state index contributed by atoms with van der Waals surface area (Å²) in [6.07, 6.45) is 0. The Labute approximate surface area is 106 Å². The predicted octanol–water partition coefficient (Wildman–Crippen LogP) is 3.74. The van der Waals surface area contributed by atoms with Crippen molar-refractivity contribution >= 4 is 27.5 Å². The van der Waals surface area contributed by atoms with Gasteiger partial charge in [0.1, 0.15) is 5.82 Å². The minimum absolute atomic E-state index is 0.125. The molecule has 1 amide bonds. The molecule has 0 bridgehead atoms. The molecule has 0 atom stereocenters. The maximum absolute atomic E-state index is 13.5. The summed E-state index contributed by atoms with van der Waals surface area (Å²) in [5.74, 6) is -0.826. The summed E-state index contributed by atoms with van der Waals surface area (Å²) in [7, 11) is 0. The van der Waals surface area contributed by atoms with Gasteiger partial charge in [-0.2, -0.15) is 0 Å². The second-order valence-corrected chi connectivity index (χ2v) is 4.27. The highest BCUT2D eigenvalue weighted by Crippen LogP contribution is 2.21. The maximum Gasteiger partial charge on any atom is 0.291 e. The Bertz CT molecular complexity index is 545. The molecule has 5 heteroatoms. The molecule has 88 valence electrons. The average Bonchev–Trinajstić information content (AvgIpc) is 2.70. The third kappa shape index (κ3) is 2.55. The molecule has 2 rings (SSSR count). The third-order valence-electron chi connectivity index (χ3n) is 2.26. The molecule has 0 saturated heterocycles. The Morgan fingerprint density at radius 2 is 2.12 bits per heavy atom. The fraction of sp³-hybridized carbons (Fsp3) is 0.0833. The summed E-state index contributed by atoms with van der Waals surface area (Å²) in [5.41, 5.74) is 0.828. The minimum Gasteiger partial charge on any atom is -0.444 e. The van der Waals surface area contributed by atoms with Crippen molar-refractivity contribution in [1.82, 2.24) is 0 Å². The monoisotopic (exact) mass is 297 g/mol. The summed E-state index contributed by atoms with van der Waals surface area (Å²) in [6, 6.07) is 7.71. The van der Waals surface area contributed by atoms with Crippen LogP contribution in [0.15, 0.2) is 39.4 Å². The summed E-state index contributed by atoms with van der Waals surface area (Å²) in [5, 5.41) is 2.48. The smallest absolute Gasteiger partial charge is 0.291 e. The van der Waals surface area contributed by atoms with Crippen molar-refractivity contribution in [1.29, 1.82) is 0 Å². The molecule has 0 aliphatic rings. The highest BCUT2D eigenvalue weighted by Gasteiger charge is 2.14. The standard InChI is InChI=1S/C12H9BrFNO2/c1-7-3-2-4-8(14)11(7)15-12(16)9-5-6-10(13)17-9/h2-6H,1H3,(H,15,16). The molecule has 2 aromatic rings. The highest BCUT2D eigenvalue weighted by molar-refractivity contribution is 9.10. The summed E-state index contributed by atoms with van der Waals surface area (Å²) in [4.78, 5) is 11.7. The van der Waals surface area contributed by atoms with E-state index in [1.54, 1.807) is 25.1 Å². The van der Waals surface area contributed by atoms with E-state index in [2.05, 4.69) is 21.2 Å². The molecular weight excluding hydrogens is 289 g/mol. The van der Waals surface area contributed by atoms with Crippen LogP contribution in [0.3, 0.4) is 0 Å². The number of halogens is 2. The summed E-state index contributed by atoms with van der Waals surface area (Å²) < 4.78 is 19.0. The van der Waals surface area contributed by atoms with Crippen molar-refractivity contribution < 1.29 is 13.6 Å². The lowest BCUT2D eigenvalue weighted by Gasteiger charge is -2.07. The van der Waals surface area contributed by atoms with Crippen molar-refractivity contribution in [2.45, 2.75) is 6.92 Å². The Morgan fingerprint density at radius 3 is 2.71 bits per heavy atom. The number of hydrogen-bond acceptors (Lipinski definition) is 2. The van der Waals surface area contributed by atoms with Gasteiger partial charge in [0.25, 0.3) is 5.91 Å². The number of aryl methyl sites for hydroxylation is 1. The first-order valence-electron chi connectivity index (χ1n) is 4.90. The number of carbonyl (C=O) groups is 1. The van der Waals surface area contributed by atoms with Crippen molar-refractivity contribution in [3.05, 3.63) is 52.1 Å². The fourth-order valence-corrected chi connectivity index (χ4v) is 1.71. The van der Waals surface area contributed by atoms with Gasteiger partial charge >= 0.3 is 0 Å². The van der Waals surface area contributed by atoms with Crippen LogP contribution in [0.25, 0.3) is 0 Å². The molecule has 1 aromatic heterocycles. The normalized spacial score (nSPS) is 10.3. The zero-order chi connectivity index (χ0) is 12.4. The molecule has 17 heavy (non-hydrogen) atoms. The largest absolute Gasteiger partial charge is 0.444 e. The van der Waals surface area contributed by atoms with Crippen LogP contribution in [0.5, 0.6) is 0 Å². The highest BCUT2D eigenvalue weighted by atomic mass is 79.9. The van der Waals surface area contributed by atoms with Crippen LogP contribution in [-0.2, 0) is 0 Å². The fourth-order valence-electron chi connectivity index (χ4n) is 1.40. The van der Waals surface area contributed by atoms with Crippen molar-refractivity contribution in [2.75, 3.05) is 5.32 Å². The van der Waals surface area contributed by atoms with E-state index in [1.165, 1.54) is 12.1 Å². The Kier molecular flexibility index (Phi) is 3.28. The molecule has 0 aliphatic heterocycles. The Morgan fingerprint density at radius 1 is 1.35 bits per heavy atom. The molecule has 1 aromatic carbocycles. The number of para-hydroxylation sites is 1. The first-order chi connectivity index (χ1) is 8.08. The van der Waals surface area contributed by atoms with Crippen molar-refractivity contribution in [3.8, 4) is 0 Å². The zero-order valence-electron chi connectivity index (χ0n) is 8.96. The van der Waals surface area contributed by atoms with Crippen LogP contribution in [0.4, 0.5) is 10.1 Å². The lowest BCUT2D eigenvalue weighted by Crippen LogP contribution is -2.13. The SMILES string of the molecule is Cc1cccc(F)c1NC(=O)c1ccc(Br)o1. The van der Waals surface area contributed by atoms with Crippen LogP contribution >= 0.6 is 15.9 Å². The maximum atomic E-state index is 13.5. The van der Waals surface area contributed by atoms with E-state index in [-0.39, 0.29) is 11.4 Å². The molecule has 0 radical (unpaired) electrons. The van der Waals surface area contributed by atoms with E-state index in [1.807, 2.05) is 0 Å². The van der Waals surface area contributed by atoms with E-state index in [0.717, 1.165) is 0 Å². The molecule has 1 N–H and O–H groups in total. The number of amides is 1. The minimum atomic E-state index is -0.482. The van der Waals surface area contributed by atoms with Gasteiger partial charge in [-0.15, -0.1) is 0 Å². The van der Waals surface area contributed by atoms with Gasteiger partial charge in [0.2, 0.25) is 0 Å². The van der Waals surface area contributed by atoms with E-state index in [9.17, 15) is 9.18 Å². The van der Waals surface area contributed by atoms with Gasteiger partial charge in [-0.1, -0.05) is 12.1 Å². The van der Waals surface area contributed by atoms with Crippen LogP contribution < -0.4 is 5.32 Å². The average molecular weight is 298 g/mol. The quantitative estimate of drug-likeness (QED) is 0.917. The second kappa shape index (κ2) is 4.71. The van der Waals surface area contributed by atoms with Crippen LogP contribution in [0, 0.1) is 12.7 Å². The molecule has 1 heterocycles. The van der Waals surface area contributed by atoms with Crippen molar-refractivity contribution in [3.63, 3.8) is 0 Å². The predicted molar refractivity (Wildman–Crippen MR) is 65.5 cm³/mol. The second-order valence-electron chi connectivity index (χ2n) is 3.49. The molecule has 0 aliphatic carbocycles. The lowest BCUT2D eigenvalue weighted by atomic mass is 10.2. The number of anilines is 1. The number of nitrogens with one attached hydrogen (secondary N) is 1. The molecule has 0 spiro atoms. The molecule has 3 nitrogen and oxygen atoms in total. The Hall–Kier alpha value is -1.62. The van der Waals surface area contributed by atoms with E-state index in [0.29, 0.717) is 10.2 Å². The topological polar surface area (TPSA) is 42.2 Å². The van der Waals surface area contributed by atoms with Gasteiger partial charge in [0.05, 0.1) is 5.69 Å². The number of benzene rings is 1. The van der Waals surface area contributed by atoms with Gasteiger partial charge in [-0.05, 0) is 46.6 Å². The number of carbonyl (C=O) groups excluding carboxylic acids is 1. The van der Waals surface area contributed by atoms with Crippen LogP contribution in [-0.4, -0.2) is 5.91 Å². The first-order valence-corrected chi connectivity index (χ1v) is 5.69. The van der Waals surface area contributed by atoms with Gasteiger partial charge in [-0.3, -0.25) is 4.79 Å². The van der Waals surface area contributed by atoms with Crippen LogP contribution in [0.2, 0.25) is 0 Å². The molecule has 0 fully saturated rings. The van der Waals surface area contributed by atoms with Gasteiger partial charge in [-0.25, -0.2) is 4.39 Å². The summed E-state index contributed by atoms with van der Waals surface area (Å²) >= 11 is 3.09. The van der Waals surface area contributed by atoms with Gasteiger partial charge in [0.15, 0.2) is 10.4 Å².